The monoisotopic (exact) mass is 259 g/mol. The smallest absolute Gasteiger partial charge is 0.0299 e. The molecule has 1 N–H and O–H groups in total. The highest BCUT2D eigenvalue weighted by atomic mass is 15.0. The van der Waals surface area contributed by atoms with Crippen molar-refractivity contribution in [3.63, 3.8) is 0 Å². The fraction of sp³-hybridized carbons (Fsp3) is 0.667. The minimum Gasteiger partial charge on any atom is -0.307 e. The largest absolute Gasteiger partial charge is 0.307 e. The standard InChI is InChI=1S/C18H29N/c1-12-10-14(3)18(15(4)11-12)16(5)19-17-9-7-6-8-13(17)2/h10-11,13,16-17,19H,6-9H2,1-5H3. The SMILES string of the molecule is Cc1cc(C)c(C(C)NC2CCCCC2C)c(C)c1. The molecule has 0 aromatic heterocycles. The van der Waals surface area contributed by atoms with Crippen LogP contribution in [0.25, 0.3) is 0 Å². The highest BCUT2D eigenvalue weighted by Gasteiger charge is 2.23. The molecule has 0 amide bonds. The number of aryl methyl sites for hydroxylation is 3. The van der Waals surface area contributed by atoms with Crippen LogP contribution in [0.1, 0.15) is 67.8 Å². The van der Waals surface area contributed by atoms with Crippen LogP contribution in [0.4, 0.5) is 0 Å². The first-order valence-electron chi connectivity index (χ1n) is 7.83. The van der Waals surface area contributed by atoms with Gasteiger partial charge in [0.25, 0.3) is 0 Å². The first-order valence-corrected chi connectivity index (χ1v) is 7.83. The Morgan fingerprint density at radius 2 is 1.63 bits per heavy atom. The Morgan fingerprint density at radius 3 is 2.21 bits per heavy atom. The molecule has 0 spiro atoms. The molecule has 1 heteroatoms. The fourth-order valence-electron chi connectivity index (χ4n) is 3.84. The lowest BCUT2D eigenvalue weighted by atomic mass is 9.84. The van der Waals surface area contributed by atoms with Gasteiger partial charge in [-0.25, -0.2) is 0 Å². The molecule has 1 aliphatic carbocycles. The quantitative estimate of drug-likeness (QED) is 0.819. The molecule has 0 heterocycles. The zero-order valence-corrected chi connectivity index (χ0v) is 13.2. The van der Waals surface area contributed by atoms with Gasteiger partial charge in [-0.3, -0.25) is 0 Å². The number of rotatable bonds is 3. The van der Waals surface area contributed by atoms with Gasteiger partial charge in [-0.1, -0.05) is 37.5 Å². The third-order valence-corrected chi connectivity index (χ3v) is 4.75. The van der Waals surface area contributed by atoms with Crippen molar-refractivity contribution in [3.8, 4) is 0 Å². The highest BCUT2D eigenvalue weighted by Crippen LogP contribution is 2.28. The first-order chi connectivity index (χ1) is 8.99. The minimum atomic E-state index is 0.464. The molecule has 1 nitrogen and oxygen atoms in total. The second-order valence-corrected chi connectivity index (χ2v) is 6.57. The third kappa shape index (κ3) is 3.39. The van der Waals surface area contributed by atoms with Gasteiger partial charge in [0, 0.05) is 12.1 Å². The van der Waals surface area contributed by atoms with E-state index in [0.717, 1.165) is 5.92 Å². The van der Waals surface area contributed by atoms with Gasteiger partial charge in [-0.15, -0.1) is 0 Å². The molecule has 0 saturated heterocycles. The average molecular weight is 259 g/mol. The fourth-order valence-corrected chi connectivity index (χ4v) is 3.84. The molecule has 106 valence electrons. The summed E-state index contributed by atoms with van der Waals surface area (Å²) in [7, 11) is 0. The van der Waals surface area contributed by atoms with Crippen molar-refractivity contribution < 1.29 is 0 Å². The van der Waals surface area contributed by atoms with Crippen molar-refractivity contribution in [1.29, 1.82) is 0 Å². The summed E-state index contributed by atoms with van der Waals surface area (Å²) in [4.78, 5) is 0. The number of hydrogen-bond acceptors (Lipinski definition) is 1. The maximum Gasteiger partial charge on any atom is 0.0299 e. The van der Waals surface area contributed by atoms with Crippen LogP contribution in [-0.2, 0) is 0 Å². The molecule has 0 radical (unpaired) electrons. The minimum absolute atomic E-state index is 0.464. The van der Waals surface area contributed by atoms with Gasteiger partial charge in [0.1, 0.15) is 0 Å². The lowest BCUT2D eigenvalue weighted by Gasteiger charge is -2.33. The summed E-state index contributed by atoms with van der Waals surface area (Å²) in [5.41, 5.74) is 5.74. The van der Waals surface area contributed by atoms with E-state index in [0.29, 0.717) is 12.1 Å². The summed E-state index contributed by atoms with van der Waals surface area (Å²) in [6.45, 7) is 11.4. The molecule has 1 aromatic carbocycles. The Kier molecular flexibility index (Phi) is 4.67. The van der Waals surface area contributed by atoms with Crippen molar-refractivity contribution in [2.24, 2.45) is 5.92 Å². The lowest BCUT2D eigenvalue weighted by molar-refractivity contribution is 0.263. The van der Waals surface area contributed by atoms with Gasteiger partial charge in [0.05, 0.1) is 0 Å². The van der Waals surface area contributed by atoms with E-state index in [2.05, 4.69) is 52.1 Å². The van der Waals surface area contributed by atoms with Crippen molar-refractivity contribution in [2.75, 3.05) is 0 Å². The van der Waals surface area contributed by atoms with Crippen molar-refractivity contribution >= 4 is 0 Å². The topological polar surface area (TPSA) is 12.0 Å². The maximum absolute atomic E-state index is 3.89. The summed E-state index contributed by atoms with van der Waals surface area (Å²) in [5, 5.41) is 3.89. The van der Waals surface area contributed by atoms with Crippen LogP contribution >= 0.6 is 0 Å². The second-order valence-electron chi connectivity index (χ2n) is 6.57. The van der Waals surface area contributed by atoms with E-state index < -0.39 is 0 Å². The summed E-state index contributed by atoms with van der Waals surface area (Å²) < 4.78 is 0. The maximum atomic E-state index is 3.89. The van der Waals surface area contributed by atoms with Gasteiger partial charge >= 0.3 is 0 Å². The Hall–Kier alpha value is -0.820. The van der Waals surface area contributed by atoms with Crippen LogP contribution < -0.4 is 5.32 Å². The summed E-state index contributed by atoms with van der Waals surface area (Å²) in [6.07, 6.45) is 5.53. The Labute approximate surface area is 118 Å². The van der Waals surface area contributed by atoms with Gasteiger partial charge in [0.15, 0.2) is 0 Å². The van der Waals surface area contributed by atoms with Gasteiger partial charge in [-0.2, -0.15) is 0 Å². The molecule has 3 atom stereocenters. The normalized spacial score (nSPS) is 25.3. The zero-order chi connectivity index (χ0) is 14.0. The highest BCUT2D eigenvalue weighted by molar-refractivity contribution is 5.39. The molecular formula is C18H29N. The number of benzene rings is 1. The molecule has 0 aliphatic heterocycles. The van der Waals surface area contributed by atoms with E-state index in [4.69, 9.17) is 0 Å². The third-order valence-electron chi connectivity index (χ3n) is 4.75. The van der Waals surface area contributed by atoms with Gasteiger partial charge in [0.2, 0.25) is 0 Å². The summed E-state index contributed by atoms with van der Waals surface area (Å²) >= 11 is 0. The van der Waals surface area contributed by atoms with E-state index >= 15 is 0 Å². The van der Waals surface area contributed by atoms with Crippen LogP contribution in [0.15, 0.2) is 12.1 Å². The molecule has 1 aromatic rings. The summed E-state index contributed by atoms with van der Waals surface area (Å²) in [5.74, 6) is 0.822. The van der Waals surface area contributed by atoms with Crippen LogP contribution in [0.2, 0.25) is 0 Å². The van der Waals surface area contributed by atoms with E-state index in [9.17, 15) is 0 Å². The number of nitrogens with one attached hydrogen (secondary N) is 1. The van der Waals surface area contributed by atoms with E-state index in [1.54, 1.807) is 0 Å². The van der Waals surface area contributed by atoms with Crippen LogP contribution in [-0.4, -0.2) is 6.04 Å². The molecule has 1 saturated carbocycles. The predicted octanol–water partition coefficient (Wildman–Crippen LogP) is 4.84. The molecule has 1 fully saturated rings. The molecule has 1 aliphatic rings. The molecular weight excluding hydrogens is 230 g/mol. The zero-order valence-electron chi connectivity index (χ0n) is 13.2. The second kappa shape index (κ2) is 6.09. The van der Waals surface area contributed by atoms with E-state index in [-0.39, 0.29) is 0 Å². The average Bonchev–Trinajstić information content (AvgIpc) is 2.30. The first kappa shape index (κ1) is 14.6. The number of hydrogen-bond donors (Lipinski definition) is 1. The molecule has 3 unspecified atom stereocenters. The van der Waals surface area contributed by atoms with E-state index in [1.165, 1.54) is 47.9 Å². The van der Waals surface area contributed by atoms with Gasteiger partial charge < -0.3 is 5.32 Å². The molecule has 19 heavy (non-hydrogen) atoms. The Bertz CT molecular complexity index is 412. The van der Waals surface area contributed by atoms with E-state index in [1.807, 2.05) is 0 Å². The summed E-state index contributed by atoms with van der Waals surface area (Å²) in [6, 6.07) is 5.78. The van der Waals surface area contributed by atoms with Crippen LogP contribution in [0, 0.1) is 26.7 Å². The predicted molar refractivity (Wildman–Crippen MR) is 83.6 cm³/mol. The van der Waals surface area contributed by atoms with Crippen molar-refractivity contribution in [1.82, 2.24) is 5.32 Å². The lowest BCUT2D eigenvalue weighted by Crippen LogP contribution is -2.39. The Balaban J connectivity index is 2.13. The van der Waals surface area contributed by atoms with Crippen LogP contribution in [0.3, 0.4) is 0 Å². The molecule has 0 bridgehead atoms. The Morgan fingerprint density at radius 1 is 1.05 bits per heavy atom. The van der Waals surface area contributed by atoms with Crippen molar-refractivity contribution in [3.05, 3.63) is 34.4 Å². The molecule has 2 rings (SSSR count). The van der Waals surface area contributed by atoms with Gasteiger partial charge in [-0.05, 0) is 63.1 Å². The van der Waals surface area contributed by atoms with Crippen molar-refractivity contribution in [2.45, 2.75) is 72.4 Å². The van der Waals surface area contributed by atoms with Crippen LogP contribution in [0.5, 0.6) is 0 Å².